The molecule has 0 aromatic heterocycles. The van der Waals surface area contributed by atoms with E-state index in [1.54, 1.807) is 6.07 Å². The van der Waals surface area contributed by atoms with E-state index in [1.165, 1.54) is 10.6 Å². The number of sulfonamides is 1. The minimum atomic E-state index is -3.33. The van der Waals surface area contributed by atoms with Crippen LogP contribution in [0.1, 0.15) is 36.3 Å². The van der Waals surface area contributed by atoms with Crippen molar-refractivity contribution >= 4 is 27.3 Å². The van der Waals surface area contributed by atoms with Gasteiger partial charge in [0.1, 0.15) is 0 Å². The number of nitrogens with one attached hydrogen (secondary N) is 1. The third-order valence-electron chi connectivity index (χ3n) is 5.36. The second-order valence-electron chi connectivity index (χ2n) is 7.50. The van der Waals surface area contributed by atoms with Crippen molar-refractivity contribution in [2.75, 3.05) is 22.4 Å². The zero-order valence-corrected chi connectivity index (χ0v) is 16.2. The molecule has 1 aliphatic carbocycles. The van der Waals surface area contributed by atoms with Gasteiger partial charge in [0.25, 0.3) is 0 Å². The average molecular weight is 385 g/mol. The molecule has 1 N–H and O–H groups in total. The van der Waals surface area contributed by atoms with Gasteiger partial charge >= 0.3 is 0 Å². The molecule has 1 aliphatic heterocycles. The summed E-state index contributed by atoms with van der Waals surface area (Å²) in [6.45, 7) is 0.484. The van der Waals surface area contributed by atoms with Crippen LogP contribution in [0.5, 0.6) is 0 Å². The summed E-state index contributed by atoms with van der Waals surface area (Å²) >= 11 is 0. The predicted molar refractivity (Wildman–Crippen MR) is 107 cm³/mol. The summed E-state index contributed by atoms with van der Waals surface area (Å²) in [6.07, 6.45) is 5.03. The Morgan fingerprint density at radius 3 is 2.56 bits per heavy atom. The maximum atomic E-state index is 13.0. The van der Waals surface area contributed by atoms with Crippen LogP contribution in [0, 0.1) is 5.92 Å². The minimum absolute atomic E-state index is 0.0228. The van der Waals surface area contributed by atoms with Gasteiger partial charge in [0.05, 0.1) is 17.9 Å². The molecule has 1 fully saturated rings. The van der Waals surface area contributed by atoms with Gasteiger partial charge in [-0.25, -0.2) is 8.42 Å². The first-order chi connectivity index (χ1) is 12.9. The van der Waals surface area contributed by atoms with Crippen LogP contribution in [0.3, 0.4) is 0 Å². The standard InChI is InChI=1S/C21H24N2O3S/c1-27(25,26)23-13-5-8-15-11-12-18(14-19(15)23)22-21(24)20(17-9-10-17)16-6-3-2-4-7-16/h2-4,6-7,11-12,14,17,20H,5,8-10,13H2,1H3,(H,22,24). The Morgan fingerprint density at radius 1 is 1.15 bits per heavy atom. The van der Waals surface area contributed by atoms with Crippen molar-refractivity contribution in [3.63, 3.8) is 0 Å². The number of nitrogens with zero attached hydrogens (tertiary/aromatic N) is 1. The molecule has 1 saturated carbocycles. The molecule has 5 nitrogen and oxygen atoms in total. The van der Waals surface area contributed by atoms with E-state index in [1.807, 2.05) is 42.5 Å². The third kappa shape index (κ3) is 3.86. The topological polar surface area (TPSA) is 66.5 Å². The van der Waals surface area contributed by atoms with E-state index in [0.717, 1.165) is 36.8 Å². The van der Waals surface area contributed by atoms with Crippen LogP contribution >= 0.6 is 0 Å². The lowest BCUT2D eigenvalue weighted by Gasteiger charge is -2.29. The molecule has 1 atom stereocenters. The maximum Gasteiger partial charge on any atom is 0.232 e. The molecule has 1 heterocycles. The van der Waals surface area contributed by atoms with E-state index in [-0.39, 0.29) is 11.8 Å². The van der Waals surface area contributed by atoms with E-state index in [4.69, 9.17) is 0 Å². The molecule has 27 heavy (non-hydrogen) atoms. The van der Waals surface area contributed by atoms with Crippen molar-refractivity contribution in [3.8, 4) is 0 Å². The molecule has 0 saturated heterocycles. The van der Waals surface area contributed by atoms with Crippen LogP contribution in [0.25, 0.3) is 0 Å². The molecule has 2 aromatic rings. The molecule has 0 bridgehead atoms. The van der Waals surface area contributed by atoms with E-state index in [2.05, 4.69) is 5.32 Å². The summed E-state index contributed by atoms with van der Waals surface area (Å²) in [5.41, 5.74) is 3.37. The molecule has 0 spiro atoms. The van der Waals surface area contributed by atoms with Crippen molar-refractivity contribution in [2.45, 2.75) is 31.6 Å². The van der Waals surface area contributed by atoms with Gasteiger partial charge < -0.3 is 5.32 Å². The van der Waals surface area contributed by atoms with E-state index < -0.39 is 10.0 Å². The van der Waals surface area contributed by atoms with Crippen LogP contribution in [-0.4, -0.2) is 27.1 Å². The highest BCUT2D eigenvalue weighted by Crippen LogP contribution is 2.43. The Bertz CT molecular complexity index is 953. The van der Waals surface area contributed by atoms with Crippen LogP contribution < -0.4 is 9.62 Å². The summed E-state index contributed by atoms with van der Waals surface area (Å²) in [6, 6.07) is 15.5. The number of benzene rings is 2. The number of carbonyl (C=O) groups excluding carboxylic acids is 1. The molecule has 1 amide bonds. The fraction of sp³-hybridized carbons (Fsp3) is 0.381. The van der Waals surface area contributed by atoms with Gasteiger partial charge in [-0.15, -0.1) is 0 Å². The zero-order chi connectivity index (χ0) is 19.0. The van der Waals surface area contributed by atoms with Crippen molar-refractivity contribution in [1.29, 1.82) is 0 Å². The zero-order valence-electron chi connectivity index (χ0n) is 15.4. The Hall–Kier alpha value is -2.34. The first-order valence-electron chi connectivity index (χ1n) is 9.40. The fourth-order valence-corrected chi connectivity index (χ4v) is 4.90. The molecular formula is C21H24N2O3S. The van der Waals surface area contributed by atoms with Gasteiger partial charge in [-0.05, 0) is 54.9 Å². The van der Waals surface area contributed by atoms with Crippen LogP contribution in [0.4, 0.5) is 11.4 Å². The molecule has 1 unspecified atom stereocenters. The third-order valence-corrected chi connectivity index (χ3v) is 6.54. The molecule has 0 radical (unpaired) electrons. The maximum absolute atomic E-state index is 13.0. The number of hydrogen-bond acceptors (Lipinski definition) is 3. The van der Waals surface area contributed by atoms with Gasteiger partial charge in [-0.3, -0.25) is 9.10 Å². The summed E-state index contributed by atoms with van der Waals surface area (Å²) in [5, 5.41) is 3.02. The van der Waals surface area contributed by atoms with Crippen molar-refractivity contribution in [3.05, 3.63) is 59.7 Å². The van der Waals surface area contributed by atoms with E-state index >= 15 is 0 Å². The number of fused-ring (bicyclic) bond motifs is 1. The van der Waals surface area contributed by atoms with Crippen molar-refractivity contribution in [2.24, 2.45) is 5.92 Å². The molecule has 2 aliphatic rings. The first-order valence-corrected chi connectivity index (χ1v) is 11.2. The largest absolute Gasteiger partial charge is 0.325 e. The average Bonchev–Trinajstić information content (AvgIpc) is 3.46. The second kappa shape index (κ2) is 7.00. The Morgan fingerprint density at radius 2 is 1.89 bits per heavy atom. The summed E-state index contributed by atoms with van der Waals surface area (Å²) in [7, 11) is -3.33. The molecular weight excluding hydrogens is 360 g/mol. The highest BCUT2D eigenvalue weighted by atomic mass is 32.2. The Kier molecular flexibility index (Phi) is 4.68. The Balaban J connectivity index is 1.60. The summed E-state index contributed by atoms with van der Waals surface area (Å²) in [5.74, 6) is 0.205. The van der Waals surface area contributed by atoms with Gasteiger partial charge in [0.15, 0.2) is 0 Å². The lowest BCUT2D eigenvalue weighted by Crippen LogP contribution is -2.34. The van der Waals surface area contributed by atoms with Crippen LogP contribution in [0.2, 0.25) is 0 Å². The van der Waals surface area contributed by atoms with Gasteiger partial charge in [0, 0.05) is 12.2 Å². The number of hydrogen-bond donors (Lipinski definition) is 1. The molecule has 142 valence electrons. The first kappa shape index (κ1) is 18.0. The van der Waals surface area contributed by atoms with Crippen molar-refractivity contribution in [1.82, 2.24) is 0 Å². The smallest absolute Gasteiger partial charge is 0.232 e. The highest BCUT2D eigenvalue weighted by Gasteiger charge is 2.37. The van der Waals surface area contributed by atoms with Crippen LogP contribution in [0.15, 0.2) is 48.5 Å². The number of anilines is 2. The van der Waals surface area contributed by atoms with E-state index in [9.17, 15) is 13.2 Å². The van der Waals surface area contributed by atoms with Gasteiger partial charge in [0.2, 0.25) is 15.9 Å². The number of rotatable bonds is 5. The predicted octanol–water partition coefficient (Wildman–Crippen LogP) is 3.53. The quantitative estimate of drug-likeness (QED) is 0.858. The normalized spacial score (nSPS) is 17.9. The fourth-order valence-electron chi connectivity index (χ4n) is 3.91. The molecule has 2 aromatic carbocycles. The number of amides is 1. The minimum Gasteiger partial charge on any atom is -0.325 e. The van der Waals surface area contributed by atoms with Crippen molar-refractivity contribution < 1.29 is 13.2 Å². The summed E-state index contributed by atoms with van der Waals surface area (Å²) < 4.78 is 25.7. The highest BCUT2D eigenvalue weighted by molar-refractivity contribution is 7.92. The lowest BCUT2D eigenvalue weighted by molar-refractivity contribution is -0.118. The monoisotopic (exact) mass is 384 g/mol. The number of aryl methyl sites for hydroxylation is 1. The van der Waals surface area contributed by atoms with Gasteiger partial charge in [-0.2, -0.15) is 0 Å². The molecule has 4 rings (SSSR count). The van der Waals surface area contributed by atoms with E-state index in [0.29, 0.717) is 23.8 Å². The second-order valence-corrected chi connectivity index (χ2v) is 9.40. The SMILES string of the molecule is CS(=O)(=O)N1CCCc2ccc(NC(=O)C(c3ccccc3)C3CC3)cc21. The number of carbonyl (C=O) groups is 1. The molecule has 6 heteroatoms. The summed E-state index contributed by atoms with van der Waals surface area (Å²) in [4.78, 5) is 13.0. The lowest BCUT2D eigenvalue weighted by atomic mass is 9.93. The van der Waals surface area contributed by atoms with Crippen LogP contribution in [-0.2, 0) is 21.2 Å². The Labute approximate surface area is 160 Å². The van der Waals surface area contributed by atoms with Gasteiger partial charge in [-0.1, -0.05) is 36.4 Å².